The second kappa shape index (κ2) is 8.81. The zero-order valence-electron chi connectivity index (χ0n) is 15.7. The predicted molar refractivity (Wildman–Crippen MR) is 108 cm³/mol. The van der Waals surface area contributed by atoms with Crippen molar-refractivity contribution in [2.24, 2.45) is 0 Å². The van der Waals surface area contributed by atoms with Crippen LogP contribution < -0.4 is 10.6 Å². The largest absolute Gasteiger partial charge is 0.465 e. The van der Waals surface area contributed by atoms with E-state index in [4.69, 9.17) is 4.74 Å². The summed E-state index contributed by atoms with van der Waals surface area (Å²) in [6, 6.07) is 18.4. The monoisotopic (exact) mass is 375 g/mol. The number of benzene rings is 2. The van der Waals surface area contributed by atoms with Gasteiger partial charge in [0.05, 0.1) is 23.9 Å². The summed E-state index contributed by atoms with van der Waals surface area (Å²) in [5.41, 5.74) is 3.66. The summed E-state index contributed by atoms with van der Waals surface area (Å²) in [6.45, 7) is 2.47. The van der Waals surface area contributed by atoms with E-state index in [0.29, 0.717) is 29.2 Å². The first kappa shape index (κ1) is 19.1. The number of carbonyl (C=O) groups excluding carboxylic acids is 2. The summed E-state index contributed by atoms with van der Waals surface area (Å²) >= 11 is 0. The van der Waals surface area contributed by atoms with Crippen molar-refractivity contribution in [3.8, 4) is 0 Å². The molecule has 0 fully saturated rings. The van der Waals surface area contributed by atoms with Gasteiger partial charge in [0.25, 0.3) is 5.91 Å². The second-order valence-electron chi connectivity index (χ2n) is 6.26. The highest BCUT2D eigenvalue weighted by Gasteiger charge is 2.12. The molecular weight excluding hydrogens is 354 g/mol. The highest BCUT2D eigenvalue weighted by molar-refractivity contribution is 5.96. The first-order valence-electron chi connectivity index (χ1n) is 8.81. The molecule has 142 valence electrons. The molecule has 0 atom stereocenters. The van der Waals surface area contributed by atoms with Gasteiger partial charge in [0.2, 0.25) is 0 Å². The summed E-state index contributed by atoms with van der Waals surface area (Å²) in [4.78, 5) is 28.4. The maximum Gasteiger partial charge on any atom is 0.339 e. The number of hydrogen-bond acceptors (Lipinski definition) is 5. The Morgan fingerprint density at radius 3 is 2.43 bits per heavy atom. The average Bonchev–Trinajstić information content (AvgIpc) is 2.73. The molecule has 6 nitrogen and oxygen atoms in total. The van der Waals surface area contributed by atoms with Gasteiger partial charge in [-0.25, -0.2) is 9.78 Å². The molecule has 1 aromatic heterocycles. The van der Waals surface area contributed by atoms with Crippen LogP contribution in [0.1, 0.15) is 31.8 Å². The van der Waals surface area contributed by atoms with Crippen LogP contribution in [0.3, 0.4) is 0 Å². The van der Waals surface area contributed by atoms with Gasteiger partial charge in [0.15, 0.2) is 0 Å². The molecule has 1 amide bonds. The van der Waals surface area contributed by atoms with Gasteiger partial charge in [0, 0.05) is 12.7 Å². The summed E-state index contributed by atoms with van der Waals surface area (Å²) in [5.74, 6) is -0.115. The summed E-state index contributed by atoms with van der Waals surface area (Å²) in [6.07, 6.45) is 1.49. The number of nitrogens with zero attached hydrogens (tertiary/aromatic N) is 1. The van der Waals surface area contributed by atoms with E-state index in [1.807, 2.05) is 37.3 Å². The standard InChI is InChI=1S/C22H21N3O3/c1-15-7-9-16(10-8-15)13-24-21(26)17-11-12-20(23-14-17)25-19-6-4-3-5-18(19)22(27)28-2/h3-12,14H,13H2,1-2H3,(H,23,25)(H,24,26). The molecule has 1 heterocycles. The Balaban J connectivity index is 1.64. The van der Waals surface area contributed by atoms with Gasteiger partial charge in [-0.15, -0.1) is 0 Å². The number of ether oxygens (including phenoxy) is 1. The quantitative estimate of drug-likeness (QED) is 0.640. The molecule has 0 radical (unpaired) electrons. The van der Waals surface area contributed by atoms with Gasteiger partial charge < -0.3 is 15.4 Å². The topological polar surface area (TPSA) is 80.3 Å². The lowest BCUT2D eigenvalue weighted by atomic mass is 10.1. The van der Waals surface area contributed by atoms with Crippen LogP contribution in [0.25, 0.3) is 0 Å². The van der Waals surface area contributed by atoms with E-state index < -0.39 is 5.97 Å². The maximum absolute atomic E-state index is 12.3. The molecule has 0 unspecified atom stereocenters. The van der Waals surface area contributed by atoms with E-state index in [-0.39, 0.29) is 5.91 Å². The van der Waals surface area contributed by atoms with Crippen LogP contribution in [0.5, 0.6) is 0 Å². The molecule has 6 heteroatoms. The number of esters is 1. The van der Waals surface area contributed by atoms with Crippen LogP contribution in [0.2, 0.25) is 0 Å². The third-order valence-corrected chi connectivity index (χ3v) is 4.19. The normalized spacial score (nSPS) is 10.2. The van der Waals surface area contributed by atoms with Crippen LogP contribution in [0.4, 0.5) is 11.5 Å². The fraction of sp³-hybridized carbons (Fsp3) is 0.136. The van der Waals surface area contributed by atoms with Gasteiger partial charge in [-0.05, 0) is 36.8 Å². The summed E-state index contributed by atoms with van der Waals surface area (Å²) in [7, 11) is 1.33. The Labute approximate surface area is 163 Å². The van der Waals surface area contributed by atoms with Crippen molar-refractivity contribution in [3.05, 3.63) is 89.1 Å². The average molecular weight is 375 g/mol. The van der Waals surface area contributed by atoms with Crippen LogP contribution >= 0.6 is 0 Å². The lowest BCUT2D eigenvalue weighted by molar-refractivity contribution is 0.0601. The number of nitrogens with one attached hydrogen (secondary N) is 2. The molecule has 0 aliphatic rings. The molecular formula is C22H21N3O3. The molecule has 3 rings (SSSR count). The third kappa shape index (κ3) is 4.73. The minimum Gasteiger partial charge on any atom is -0.465 e. The van der Waals surface area contributed by atoms with Crippen molar-refractivity contribution < 1.29 is 14.3 Å². The molecule has 0 aliphatic heterocycles. The second-order valence-corrected chi connectivity index (χ2v) is 6.26. The van der Waals surface area contributed by atoms with Crippen molar-refractivity contribution in [2.45, 2.75) is 13.5 Å². The van der Waals surface area contributed by atoms with E-state index in [1.54, 1.807) is 30.3 Å². The first-order valence-corrected chi connectivity index (χ1v) is 8.81. The number of aromatic nitrogens is 1. The molecule has 2 N–H and O–H groups in total. The minimum absolute atomic E-state index is 0.199. The fourth-order valence-electron chi connectivity index (χ4n) is 2.61. The van der Waals surface area contributed by atoms with Gasteiger partial charge in [0.1, 0.15) is 5.82 Å². The Kier molecular flexibility index (Phi) is 6.01. The SMILES string of the molecule is COC(=O)c1ccccc1Nc1ccc(C(=O)NCc2ccc(C)cc2)cn1. The van der Waals surface area contributed by atoms with E-state index in [0.717, 1.165) is 5.56 Å². The zero-order valence-corrected chi connectivity index (χ0v) is 15.7. The van der Waals surface area contributed by atoms with E-state index in [2.05, 4.69) is 15.6 Å². The molecule has 0 bridgehead atoms. The predicted octanol–water partition coefficient (Wildman–Crippen LogP) is 3.85. The van der Waals surface area contributed by atoms with Crippen LogP contribution in [-0.4, -0.2) is 24.0 Å². The molecule has 2 aromatic carbocycles. The maximum atomic E-state index is 12.3. The zero-order chi connectivity index (χ0) is 19.9. The van der Waals surface area contributed by atoms with Crippen LogP contribution in [-0.2, 0) is 11.3 Å². The van der Waals surface area contributed by atoms with E-state index in [1.165, 1.54) is 18.9 Å². The van der Waals surface area contributed by atoms with E-state index >= 15 is 0 Å². The number of amides is 1. The molecule has 0 saturated heterocycles. The van der Waals surface area contributed by atoms with Crippen LogP contribution in [0, 0.1) is 6.92 Å². The van der Waals surface area contributed by atoms with E-state index in [9.17, 15) is 9.59 Å². The van der Waals surface area contributed by atoms with Crippen molar-refractivity contribution in [1.29, 1.82) is 0 Å². The number of methoxy groups -OCH3 is 1. The number of anilines is 2. The molecule has 0 aliphatic carbocycles. The Hall–Kier alpha value is -3.67. The highest BCUT2D eigenvalue weighted by Crippen LogP contribution is 2.20. The molecule has 0 saturated carbocycles. The number of carbonyl (C=O) groups is 2. The minimum atomic E-state index is -0.435. The van der Waals surface area contributed by atoms with Crippen LogP contribution in [0.15, 0.2) is 66.9 Å². The van der Waals surface area contributed by atoms with Gasteiger partial charge in [-0.3, -0.25) is 4.79 Å². The fourth-order valence-corrected chi connectivity index (χ4v) is 2.61. The Morgan fingerprint density at radius 1 is 1.00 bits per heavy atom. The number of rotatable bonds is 6. The van der Waals surface area contributed by atoms with Gasteiger partial charge in [-0.2, -0.15) is 0 Å². The number of pyridine rings is 1. The van der Waals surface area contributed by atoms with Crippen molar-refractivity contribution in [3.63, 3.8) is 0 Å². The highest BCUT2D eigenvalue weighted by atomic mass is 16.5. The number of hydrogen-bond donors (Lipinski definition) is 2. The Morgan fingerprint density at radius 2 is 1.75 bits per heavy atom. The lowest BCUT2D eigenvalue weighted by Gasteiger charge is -2.10. The molecule has 28 heavy (non-hydrogen) atoms. The smallest absolute Gasteiger partial charge is 0.339 e. The van der Waals surface area contributed by atoms with Crippen molar-refractivity contribution in [1.82, 2.24) is 10.3 Å². The number of para-hydroxylation sites is 1. The Bertz CT molecular complexity index is 967. The van der Waals surface area contributed by atoms with Gasteiger partial charge in [-0.1, -0.05) is 42.0 Å². The third-order valence-electron chi connectivity index (χ3n) is 4.19. The molecule has 3 aromatic rings. The molecule has 0 spiro atoms. The lowest BCUT2D eigenvalue weighted by Crippen LogP contribution is -2.22. The van der Waals surface area contributed by atoms with Crippen molar-refractivity contribution in [2.75, 3.05) is 12.4 Å². The summed E-state index contributed by atoms with van der Waals surface area (Å²) < 4.78 is 4.78. The first-order chi connectivity index (χ1) is 13.6. The summed E-state index contributed by atoms with van der Waals surface area (Å²) in [5, 5.41) is 5.95. The number of aryl methyl sites for hydroxylation is 1. The van der Waals surface area contributed by atoms with Gasteiger partial charge >= 0.3 is 5.97 Å². The van der Waals surface area contributed by atoms with Crippen molar-refractivity contribution >= 4 is 23.4 Å².